The summed E-state index contributed by atoms with van der Waals surface area (Å²) in [5, 5.41) is 0. The van der Waals surface area contributed by atoms with Crippen molar-refractivity contribution in [3.8, 4) is 0 Å². The molecule has 0 saturated carbocycles. The van der Waals surface area contributed by atoms with Crippen molar-refractivity contribution in [2.45, 2.75) is 19.9 Å². The molecule has 0 fully saturated rings. The summed E-state index contributed by atoms with van der Waals surface area (Å²) in [5.74, 6) is 0.897. The molecule has 17 heavy (non-hydrogen) atoms. The number of guanidine groups is 1. The summed E-state index contributed by atoms with van der Waals surface area (Å²) in [4.78, 5) is 6.37. The molecule has 1 heterocycles. The Morgan fingerprint density at radius 2 is 2.06 bits per heavy atom. The zero-order chi connectivity index (χ0) is 12.4. The lowest BCUT2D eigenvalue weighted by Crippen LogP contribution is -2.38. The zero-order valence-electron chi connectivity index (χ0n) is 10.2. The SMILES string of the molecule is CC(C)CN1C(N)=NCC1c1ccc(F)cc1. The first-order chi connectivity index (χ1) is 8.08. The molecule has 0 aliphatic carbocycles. The van der Waals surface area contributed by atoms with Crippen LogP contribution in [0.1, 0.15) is 25.5 Å². The summed E-state index contributed by atoms with van der Waals surface area (Å²) in [6.07, 6.45) is 0. The molecule has 0 bridgehead atoms. The molecule has 92 valence electrons. The van der Waals surface area contributed by atoms with Gasteiger partial charge in [0.25, 0.3) is 0 Å². The van der Waals surface area contributed by atoms with Gasteiger partial charge in [-0.05, 0) is 23.6 Å². The highest BCUT2D eigenvalue weighted by Gasteiger charge is 2.27. The molecule has 1 aliphatic rings. The molecular formula is C13H18FN3. The van der Waals surface area contributed by atoms with Gasteiger partial charge in [-0.25, -0.2) is 4.39 Å². The molecule has 0 radical (unpaired) electrons. The van der Waals surface area contributed by atoms with E-state index in [-0.39, 0.29) is 11.9 Å². The van der Waals surface area contributed by atoms with Crippen LogP contribution >= 0.6 is 0 Å². The predicted octanol–water partition coefficient (Wildman–Crippen LogP) is 2.15. The van der Waals surface area contributed by atoms with Crippen LogP contribution in [0, 0.1) is 11.7 Å². The van der Waals surface area contributed by atoms with Gasteiger partial charge in [-0.2, -0.15) is 0 Å². The molecule has 0 amide bonds. The number of rotatable bonds is 3. The fourth-order valence-corrected chi connectivity index (χ4v) is 2.11. The molecule has 2 rings (SSSR count). The van der Waals surface area contributed by atoms with Gasteiger partial charge in [0.05, 0.1) is 12.6 Å². The molecule has 2 N–H and O–H groups in total. The Bertz CT molecular complexity index is 411. The van der Waals surface area contributed by atoms with Gasteiger partial charge < -0.3 is 10.6 Å². The van der Waals surface area contributed by atoms with E-state index in [1.807, 2.05) is 0 Å². The van der Waals surface area contributed by atoms with Crippen molar-refractivity contribution in [2.24, 2.45) is 16.6 Å². The maximum Gasteiger partial charge on any atom is 0.191 e. The van der Waals surface area contributed by atoms with E-state index in [0.717, 1.165) is 12.1 Å². The van der Waals surface area contributed by atoms with E-state index in [2.05, 4.69) is 23.7 Å². The second-order valence-electron chi connectivity index (χ2n) is 4.81. The Kier molecular flexibility index (Phi) is 3.31. The number of hydrogen-bond donors (Lipinski definition) is 1. The lowest BCUT2D eigenvalue weighted by molar-refractivity contribution is 0.309. The summed E-state index contributed by atoms with van der Waals surface area (Å²) in [7, 11) is 0. The molecule has 1 aromatic carbocycles. The van der Waals surface area contributed by atoms with Gasteiger partial charge in [0, 0.05) is 6.54 Å². The van der Waals surface area contributed by atoms with Gasteiger partial charge >= 0.3 is 0 Å². The first-order valence-electron chi connectivity index (χ1n) is 5.90. The third-order valence-electron chi connectivity index (χ3n) is 2.91. The fraction of sp³-hybridized carbons (Fsp3) is 0.462. The molecule has 0 saturated heterocycles. The molecule has 0 aromatic heterocycles. The van der Waals surface area contributed by atoms with Crippen molar-refractivity contribution in [3.63, 3.8) is 0 Å². The van der Waals surface area contributed by atoms with E-state index >= 15 is 0 Å². The largest absolute Gasteiger partial charge is 0.370 e. The van der Waals surface area contributed by atoms with Crippen molar-refractivity contribution >= 4 is 5.96 Å². The highest BCUT2D eigenvalue weighted by Crippen LogP contribution is 2.26. The minimum Gasteiger partial charge on any atom is -0.370 e. The summed E-state index contributed by atoms with van der Waals surface area (Å²) in [6, 6.07) is 6.73. The number of benzene rings is 1. The van der Waals surface area contributed by atoms with Gasteiger partial charge in [-0.3, -0.25) is 4.99 Å². The molecule has 3 nitrogen and oxygen atoms in total. The standard InChI is InChI=1S/C13H18FN3/c1-9(2)8-17-12(7-16-13(17)15)10-3-5-11(14)6-4-10/h3-6,9,12H,7-8H2,1-2H3,(H2,15,16). The van der Waals surface area contributed by atoms with Crippen molar-refractivity contribution in [3.05, 3.63) is 35.6 Å². The van der Waals surface area contributed by atoms with Gasteiger partial charge in [0.2, 0.25) is 0 Å². The van der Waals surface area contributed by atoms with Crippen LogP contribution in [0.3, 0.4) is 0 Å². The van der Waals surface area contributed by atoms with Crippen molar-refractivity contribution in [1.82, 2.24) is 4.90 Å². The quantitative estimate of drug-likeness (QED) is 0.872. The minimum absolute atomic E-state index is 0.151. The lowest BCUT2D eigenvalue weighted by atomic mass is 10.1. The molecule has 1 aliphatic heterocycles. The van der Waals surface area contributed by atoms with Crippen molar-refractivity contribution in [1.29, 1.82) is 0 Å². The maximum atomic E-state index is 12.9. The average Bonchev–Trinajstić information content (AvgIpc) is 2.61. The zero-order valence-corrected chi connectivity index (χ0v) is 10.2. The highest BCUT2D eigenvalue weighted by molar-refractivity contribution is 5.80. The Balaban J connectivity index is 2.18. The molecule has 1 aromatic rings. The topological polar surface area (TPSA) is 41.6 Å². The highest BCUT2D eigenvalue weighted by atomic mass is 19.1. The normalized spacial score (nSPS) is 19.9. The Morgan fingerprint density at radius 1 is 1.41 bits per heavy atom. The van der Waals surface area contributed by atoms with Crippen LogP contribution in [0.25, 0.3) is 0 Å². The Hall–Kier alpha value is -1.58. The number of aliphatic imine (C=N–C) groups is 1. The van der Waals surface area contributed by atoms with Crippen molar-refractivity contribution < 1.29 is 4.39 Å². The summed E-state index contributed by atoms with van der Waals surface area (Å²) in [5.41, 5.74) is 6.95. The lowest BCUT2D eigenvalue weighted by Gasteiger charge is -2.28. The maximum absolute atomic E-state index is 12.9. The van der Waals surface area contributed by atoms with E-state index in [1.54, 1.807) is 12.1 Å². The number of hydrogen-bond acceptors (Lipinski definition) is 3. The van der Waals surface area contributed by atoms with Crippen LogP contribution in [0.15, 0.2) is 29.3 Å². The van der Waals surface area contributed by atoms with Crippen LogP contribution in [0.2, 0.25) is 0 Å². The van der Waals surface area contributed by atoms with Crippen LogP contribution in [-0.2, 0) is 0 Å². The monoisotopic (exact) mass is 235 g/mol. The van der Waals surface area contributed by atoms with E-state index in [9.17, 15) is 4.39 Å². The summed E-state index contributed by atoms with van der Waals surface area (Å²) >= 11 is 0. The number of nitrogens with two attached hydrogens (primary N) is 1. The number of halogens is 1. The van der Waals surface area contributed by atoms with Crippen LogP contribution < -0.4 is 5.73 Å². The predicted molar refractivity (Wildman–Crippen MR) is 67.2 cm³/mol. The Labute approximate surface area is 101 Å². The van der Waals surface area contributed by atoms with Crippen LogP contribution in [0.4, 0.5) is 4.39 Å². The summed E-state index contributed by atoms with van der Waals surface area (Å²) in [6.45, 7) is 5.82. The van der Waals surface area contributed by atoms with E-state index in [1.165, 1.54) is 12.1 Å². The average molecular weight is 235 g/mol. The third-order valence-corrected chi connectivity index (χ3v) is 2.91. The van der Waals surface area contributed by atoms with Crippen LogP contribution in [-0.4, -0.2) is 23.9 Å². The van der Waals surface area contributed by atoms with Crippen molar-refractivity contribution in [2.75, 3.05) is 13.1 Å². The Morgan fingerprint density at radius 3 is 2.65 bits per heavy atom. The third kappa shape index (κ3) is 2.57. The minimum atomic E-state index is -0.212. The van der Waals surface area contributed by atoms with Gasteiger partial charge in [0.15, 0.2) is 5.96 Å². The smallest absolute Gasteiger partial charge is 0.191 e. The molecule has 1 unspecified atom stereocenters. The van der Waals surface area contributed by atoms with Crippen LogP contribution in [0.5, 0.6) is 0 Å². The second kappa shape index (κ2) is 4.73. The van der Waals surface area contributed by atoms with Gasteiger partial charge in [-0.15, -0.1) is 0 Å². The molecule has 0 spiro atoms. The first-order valence-corrected chi connectivity index (χ1v) is 5.90. The fourth-order valence-electron chi connectivity index (χ4n) is 2.11. The molecule has 1 atom stereocenters. The van der Waals surface area contributed by atoms with E-state index in [4.69, 9.17) is 5.73 Å². The molecule has 4 heteroatoms. The second-order valence-corrected chi connectivity index (χ2v) is 4.81. The van der Waals surface area contributed by atoms with Gasteiger partial charge in [-0.1, -0.05) is 26.0 Å². The van der Waals surface area contributed by atoms with E-state index < -0.39 is 0 Å². The van der Waals surface area contributed by atoms with Gasteiger partial charge in [0.1, 0.15) is 5.82 Å². The number of nitrogens with zero attached hydrogens (tertiary/aromatic N) is 2. The molecular weight excluding hydrogens is 217 g/mol. The first kappa shape index (κ1) is 11.9. The summed E-state index contributed by atoms with van der Waals surface area (Å²) < 4.78 is 12.9. The van der Waals surface area contributed by atoms with E-state index in [0.29, 0.717) is 18.4 Å².